The normalized spacial score (nSPS) is 10.7. The highest BCUT2D eigenvalue weighted by molar-refractivity contribution is 5.29. The number of aryl methyl sites for hydroxylation is 2. The Balaban J connectivity index is 1.65. The van der Waals surface area contributed by atoms with Crippen LogP contribution in [-0.4, -0.2) is 36.6 Å². The molecule has 0 aliphatic heterocycles. The zero-order chi connectivity index (χ0) is 19.2. The molecular formula is C23H32O4. The van der Waals surface area contributed by atoms with Gasteiger partial charge in [0.2, 0.25) is 0 Å². The predicted molar refractivity (Wildman–Crippen MR) is 109 cm³/mol. The van der Waals surface area contributed by atoms with Gasteiger partial charge >= 0.3 is 0 Å². The number of hydrogen-bond donors (Lipinski definition) is 2. The maximum Gasteiger partial charge on any atom is 0.119 e. The van der Waals surface area contributed by atoms with Crippen LogP contribution in [0.15, 0.2) is 48.5 Å². The summed E-state index contributed by atoms with van der Waals surface area (Å²) in [6, 6.07) is 16.6. The lowest BCUT2D eigenvalue weighted by Crippen LogP contribution is -1.99. The standard InChI is InChI=1S/C23H32O4/c24-16-1-3-18-26-22-12-8-20(9-13-22)6-5-7-21-10-14-23(15-11-21)27-19-4-2-17-25/h8-15,24-25H,1-7,16-19H2. The van der Waals surface area contributed by atoms with E-state index in [-0.39, 0.29) is 13.2 Å². The molecule has 4 nitrogen and oxygen atoms in total. The van der Waals surface area contributed by atoms with Crippen molar-refractivity contribution in [2.75, 3.05) is 26.4 Å². The van der Waals surface area contributed by atoms with Gasteiger partial charge in [0.05, 0.1) is 13.2 Å². The monoisotopic (exact) mass is 372 g/mol. The van der Waals surface area contributed by atoms with Gasteiger partial charge in [-0.1, -0.05) is 24.3 Å². The maximum atomic E-state index is 8.76. The summed E-state index contributed by atoms with van der Waals surface area (Å²) < 4.78 is 11.3. The minimum absolute atomic E-state index is 0.225. The Hall–Kier alpha value is -2.04. The van der Waals surface area contributed by atoms with Gasteiger partial charge in [0, 0.05) is 13.2 Å². The molecule has 2 rings (SSSR count). The number of rotatable bonds is 14. The average Bonchev–Trinajstić information content (AvgIpc) is 2.71. The van der Waals surface area contributed by atoms with Gasteiger partial charge in [-0.15, -0.1) is 0 Å². The third-order valence-corrected chi connectivity index (χ3v) is 4.42. The number of benzene rings is 2. The Labute approximate surface area is 162 Å². The molecule has 0 aromatic heterocycles. The van der Waals surface area contributed by atoms with E-state index < -0.39 is 0 Å². The molecule has 0 aliphatic carbocycles. The first-order chi connectivity index (χ1) is 13.3. The molecule has 0 radical (unpaired) electrons. The van der Waals surface area contributed by atoms with E-state index >= 15 is 0 Å². The van der Waals surface area contributed by atoms with E-state index in [1.54, 1.807) is 0 Å². The Kier molecular flexibility index (Phi) is 10.4. The minimum Gasteiger partial charge on any atom is -0.494 e. The van der Waals surface area contributed by atoms with Crippen LogP contribution < -0.4 is 9.47 Å². The topological polar surface area (TPSA) is 58.9 Å². The van der Waals surface area contributed by atoms with Gasteiger partial charge in [-0.05, 0) is 80.3 Å². The van der Waals surface area contributed by atoms with Gasteiger partial charge in [-0.2, -0.15) is 0 Å². The van der Waals surface area contributed by atoms with Crippen LogP contribution in [0.3, 0.4) is 0 Å². The van der Waals surface area contributed by atoms with Crippen LogP contribution in [0.4, 0.5) is 0 Å². The highest BCUT2D eigenvalue weighted by Gasteiger charge is 1.99. The lowest BCUT2D eigenvalue weighted by atomic mass is 10.0. The molecule has 0 saturated heterocycles. The summed E-state index contributed by atoms with van der Waals surface area (Å²) in [5.74, 6) is 1.79. The van der Waals surface area contributed by atoms with Crippen molar-refractivity contribution >= 4 is 0 Å². The van der Waals surface area contributed by atoms with Crippen LogP contribution in [0.2, 0.25) is 0 Å². The van der Waals surface area contributed by atoms with E-state index in [0.717, 1.165) is 56.4 Å². The number of hydrogen-bond acceptors (Lipinski definition) is 4. The fourth-order valence-corrected chi connectivity index (χ4v) is 2.81. The highest BCUT2D eigenvalue weighted by Crippen LogP contribution is 2.17. The van der Waals surface area contributed by atoms with E-state index in [9.17, 15) is 0 Å². The van der Waals surface area contributed by atoms with Crippen LogP contribution in [0.25, 0.3) is 0 Å². The Morgan fingerprint density at radius 3 is 1.30 bits per heavy atom. The Morgan fingerprint density at radius 2 is 0.926 bits per heavy atom. The summed E-state index contributed by atoms with van der Waals surface area (Å²) in [4.78, 5) is 0. The van der Waals surface area contributed by atoms with Crippen molar-refractivity contribution in [2.45, 2.75) is 44.9 Å². The summed E-state index contributed by atoms with van der Waals surface area (Å²) in [5, 5.41) is 17.5. The molecule has 148 valence electrons. The second-order valence-electron chi connectivity index (χ2n) is 6.70. The predicted octanol–water partition coefficient (Wildman–Crippen LogP) is 4.16. The van der Waals surface area contributed by atoms with Gasteiger partial charge in [0.25, 0.3) is 0 Å². The summed E-state index contributed by atoms with van der Waals surface area (Å²) in [5.41, 5.74) is 2.64. The molecule has 4 heteroatoms. The van der Waals surface area contributed by atoms with E-state index in [1.807, 2.05) is 24.3 Å². The van der Waals surface area contributed by atoms with Gasteiger partial charge in [-0.25, -0.2) is 0 Å². The second kappa shape index (κ2) is 13.2. The Morgan fingerprint density at radius 1 is 0.519 bits per heavy atom. The van der Waals surface area contributed by atoms with E-state index in [4.69, 9.17) is 19.7 Å². The zero-order valence-corrected chi connectivity index (χ0v) is 16.1. The summed E-state index contributed by atoms with van der Waals surface area (Å²) in [6.45, 7) is 1.76. The molecule has 2 aromatic rings. The zero-order valence-electron chi connectivity index (χ0n) is 16.1. The van der Waals surface area contributed by atoms with Crippen molar-refractivity contribution in [3.63, 3.8) is 0 Å². The second-order valence-corrected chi connectivity index (χ2v) is 6.70. The fraction of sp³-hybridized carbons (Fsp3) is 0.478. The van der Waals surface area contributed by atoms with Crippen molar-refractivity contribution in [3.8, 4) is 11.5 Å². The van der Waals surface area contributed by atoms with E-state index in [1.165, 1.54) is 11.1 Å². The molecule has 0 bridgehead atoms. The third-order valence-electron chi connectivity index (χ3n) is 4.42. The smallest absolute Gasteiger partial charge is 0.119 e. The SMILES string of the molecule is OCCCCOc1ccc(CCCc2ccc(OCCCCO)cc2)cc1. The number of ether oxygens (including phenoxy) is 2. The third kappa shape index (κ3) is 8.94. The molecule has 0 unspecified atom stereocenters. The molecule has 0 spiro atoms. The Bertz CT molecular complexity index is 552. The van der Waals surface area contributed by atoms with E-state index in [2.05, 4.69) is 24.3 Å². The highest BCUT2D eigenvalue weighted by atomic mass is 16.5. The van der Waals surface area contributed by atoms with Crippen LogP contribution in [0.5, 0.6) is 11.5 Å². The van der Waals surface area contributed by atoms with Crippen LogP contribution in [0.1, 0.15) is 43.2 Å². The summed E-state index contributed by atoms with van der Waals surface area (Å²) in [6.07, 6.45) is 6.53. The molecule has 0 heterocycles. The largest absolute Gasteiger partial charge is 0.494 e. The lowest BCUT2D eigenvalue weighted by Gasteiger charge is -2.08. The van der Waals surface area contributed by atoms with Crippen LogP contribution in [-0.2, 0) is 12.8 Å². The lowest BCUT2D eigenvalue weighted by molar-refractivity contribution is 0.253. The van der Waals surface area contributed by atoms with Crippen molar-refractivity contribution in [1.29, 1.82) is 0 Å². The van der Waals surface area contributed by atoms with Crippen molar-refractivity contribution in [3.05, 3.63) is 59.7 Å². The molecular weight excluding hydrogens is 340 g/mol. The molecule has 2 N–H and O–H groups in total. The first-order valence-electron chi connectivity index (χ1n) is 9.97. The number of aliphatic hydroxyl groups excluding tert-OH is 2. The van der Waals surface area contributed by atoms with Crippen molar-refractivity contribution in [2.24, 2.45) is 0 Å². The molecule has 0 saturated carbocycles. The maximum absolute atomic E-state index is 8.76. The van der Waals surface area contributed by atoms with Gasteiger partial charge in [-0.3, -0.25) is 0 Å². The number of unbranched alkanes of at least 4 members (excludes halogenated alkanes) is 2. The molecule has 0 aliphatic rings. The van der Waals surface area contributed by atoms with Crippen molar-refractivity contribution in [1.82, 2.24) is 0 Å². The van der Waals surface area contributed by atoms with Crippen molar-refractivity contribution < 1.29 is 19.7 Å². The molecule has 2 aromatic carbocycles. The van der Waals surface area contributed by atoms with Gasteiger partial charge < -0.3 is 19.7 Å². The first kappa shape index (κ1) is 21.3. The number of aliphatic hydroxyl groups is 2. The minimum atomic E-state index is 0.225. The summed E-state index contributed by atoms with van der Waals surface area (Å²) in [7, 11) is 0. The fourth-order valence-electron chi connectivity index (χ4n) is 2.81. The van der Waals surface area contributed by atoms with E-state index in [0.29, 0.717) is 13.2 Å². The first-order valence-corrected chi connectivity index (χ1v) is 9.97. The summed E-state index contributed by atoms with van der Waals surface area (Å²) >= 11 is 0. The van der Waals surface area contributed by atoms with Crippen LogP contribution >= 0.6 is 0 Å². The molecule has 0 fully saturated rings. The molecule has 0 amide bonds. The van der Waals surface area contributed by atoms with Crippen LogP contribution in [0, 0.1) is 0 Å². The molecule has 0 atom stereocenters. The molecule has 27 heavy (non-hydrogen) atoms. The van der Waals surface area contributed by atoms with Gasteiger partial charge in [0.15, 0.2) is 0 Å². The quantitative estimate of drug-likeness (QED) is 0.489. The van der Waals surface area contributed by atoms with Gasteiger partial charge in [0.1, 0.15) is 11.5 Å². The average molecular weight is 373 g/mol.